The van der Waals surface area contributed by atoms with Gasteiger partial charge in [0.1, 0.15) is 17.3 Å². The van der Waals surface area contributed by atoms with Crippen molar-refractivity contribution < 1.29 is 13.2 Å². The van der Waals surface area contributed by atoms with Crippen molar-refractivity contribution in [3.8, 4) is 11.3 Å². The number of furan rings is 1. The van der Waals surface area contributed by atoms with E-state index in [4.69, 9.17) is 10.2 Å². The summed E-state index contributed by atoms with van der Waals surface area (Å²) in [5.41, 5.74) is 4.87. The van der Waals surface area contributed by atoms with Crippen LogP contribution in [0.25, 0.3) is 11.3 Å². The topological polar surface area (TPSA) is 39.2 Å². The highest BCUT2D eigenvalue weighted by molar-refractivity contribution is 5.64. The zero-order valence-electron chi connectivity index (χ0n) is 7.13. The first-order chi connectivity index (χ1) is 6.70. The number of hydrogen-bond acceptors (Lipinski definition) is 2. The fourth-order valence-electron chi connectivity index (χ4n) is 1.19. The quantitative estimate of drug-likeness (QED) is 0.710. The number of anilines is 1. The molecule has 0 aliphatic heterocycles. The molecule has 72 valence electrons. The molecule has 4 heteroatoms. The van der Waals surface area contributed by atoms with Crippen LogP contribution in [0.2, 0.25) is 0 Å². The van der Waals surface area contributed by atoms with Gasteiger partial charge >= 0.3 is 0 Å². The Balaban J connectivity index is 2.61. The highest BCUT2D eigenvalue weighted by Crippen LogP contribution is 2.28. The molecule has 0 bridgehead atoms. The average Bonchev–Trinajstić information content (AvgIpc) is 2.67. The van der Waals surface area contributed by atoms with Crippen molar-refractivity contribution in [3.63, 3.8) is 0 Å². The first-order valence-corrected chi connectivity index (χ1v) is 3.97. The number of hydrogen-bond donors (Lipinski definition) is 1. The molecule has 0 aliphatic rings. The van der Waals surface area contributed by atoms with E-state index >= 15 is 0 Å². The Morgan fingerprint density at radius 2 is 1.93 bits per heavy atom. The smallest absolute Gasteiger partial charge is 0.160 e. The molecule has 0 saturated heterocycles. The van der Waals surface area contributed by atoms with Gasteiger partial charge in [0.25, 0.3) is 0 Å². The summed E-state index contributed by atoms with van der Waals surface area (Å²) in [6.45, 7) is 0. The second kappa shape index (κ2) is 3.14. The molecule has 2 N–H and O–H groups in total. The second-order valence-corrected chi connectivity index (χ2v) is 2.80. The van der Waals surface area contributed by atoms with E-state index in [0.717, 1.165) is 6.07 Å². The Bertz CT molecular complexity index is 451. The van der Waals surface area contributed by atoms with Crippen molar-refractivity contribution in [1.29, 1.82) is 0 Å². The number of nitrogens with two attached hydrogens (primary N) is 1. The van der Waals surface area contributed by atoms with Crippen molar-refractivity contribution in [2.75, 3.05) is 5.73 Å². The van der Waals surface area contributed by atoms with E-state index in [0.29, 0.717) is 5.76 Å². The molecule has 0 aliphatic carbocycles. The Hall–Kier alpha value is -1.84. The third-order valence-electron chi connectivity index (χ3n) is 1.91. The summed E-state index contributed by atoms with van der Waals surface area (Å²) in [6.07, 6.45) is 1.41. The summed E-state index contributed by atoms with van der Waals surface area (Å²) in [5, 5.41) is 0. The van der Waals surface area contributed by atoms with E-state index in [2.05, 4.69) is 0 Å². The lowest BCUT2D eigenvalue weighted by Gasteiger charge is -2.03. The van der Waals surface area contributed by atoms with Crippen LogP contribution in [0.5, 0.6) is 0 Å². The van der Waals surface area contributed by atoms with Gasteiger partial charge in [0.15, 0.2) is 5.82 Å². The summed E-state index contributed by atoms with van der Waals surface area (Å²) in [7, 11) is 0. The SMILES string of the molecule is Nc1c(F)ccc(-c2ccco2)c1F. The van der Waals surface area contributed by atoms with Crippen LogP contribution in [-0.4, -0.2) is 0 Å². The standard InChI is InChI=1S/C10H7F2NO/c11-7-4-3-6(9(12)10(7)13)8-2-1-5-14-8/h1-5H,13H2. The van der Waals surface area contributed by atoms with E-state index in [9.17, 15) is 8.78 Å². The van der Waals surface area contributed by atoms with Gasteiger partial charge in [-0.2, -0.15) is 0 Å². The molecule has 0 radical (unpaired) electrons. The summed E-state index contributed by atoms with van der Waals surface area (Å²) >= 11 is 0. The molecule has 0 saturated carbocycles. The minimum Gasteiger partial charge on any atom is -0.464 e. The first-order valence-electron chi connectivity index (χ1n) is 3.97. The van der Waals surface area contributed by atoms with Crippen LogP contribution in [0.15, 0.2) is 34.9 Å². The molecule has 1 aromatic carbocycles. The van der Waals surface area contributed by atoms with Crippen LogP contribution in [0, 0.1) is 11.6 Å². The second-order valence-electron chi connectivity index (χ2n) is 2.80. The fraction of sp³-hybridized carbons (Fsp3) is 0. The summed E-state index contributed by atoms with van der Waals surface area (Å²) < 4.78 is 31.2. The molecule has 0 unspecified atom stereocenters. The third kappa shape index (κ3) is 1.25. The molecule has 1 heterocycles. The van der Waals surface area contributed by atoms with Crippen LogP contribution in [0.3, 0.4) is 0 Å². The van der Waals surface area contributed by atoms with Crippen LogP contribution in [0.4, 0.5) is 14.5 Å². The Morgan fingerprint density at radius 3 is 2.57 bits per heavy atom. The molecule has 2 nitrogen and oxygen atoms in total. The van der Waals surface area contributed by atoms with Gasteiger partial charge in [0, 0.05) is 0 Å². The summed E-state index contributed by atoms with van der Waals surface area (Å²) in [6, 6.07) is 5.60. The lowest BCUT2D eigenvalue weighted by molar-refractivity contribution is 0.563. The van der Waals surface area contributed by atoms with Crippen LogP contribution >= 0.6 is 0 Å². The Kier molecular flexibility index (Phi) is 1.96. The molecule has 0 atom stereocenters. The van der Waals surface area contributed by atoms with Crippen LogP contribution in [-0.2, 0) is 0 Å². The summed E-state index contributed by atoms with van der Waals surface area (Å²) in [4.78, 5) is 0. The van der Waals surface area contributed by atoms with Gasteiger partial charge in [-0.3, -0.25) is 0 Å². The normalized spacial score (nSPS) is 10.4. The zero-order chi connectivity index (χ0) is 10.1. The predicted octanol–water partition coefficient (Wildman–Crippen LogP) is 2.81. The molecule has 14 heavy (non-hydrogen) atoms. The third-order valence-corrected chi connectivity index (χ3v) is 1.91. The van der Waals surface area contributed by atoms with Gasteiger partial charge in [0.05, 0.1) is 11.8 Å². The van der Waals surface area contributed by atoms with E-state index in [1.165, 1.54) is 12.3 Å². The molecule has 2 aromatic rings. The molecular formula is C10H7F2NO. The van der Waals surface area contributed by atoms with Crippen molar-refractivity contribution in [3.05, 3.63) is 42.2 Å². The molecular weight excluding hydrogens is 188 g/mol. The van der Waals surface area contributed by atoms with Gasteiger partial charge in [-0.25, -0.2) is 8.78 Å². The van der Waals surface area contributed by atoms with Crippen molar-refractivity contribution in [2.45, 2.75) is 0 Å². The number of rotatable bonds is 1. The van der Waals surface area contributed by atoms with Gasteiger partial charge in [0.2, 0.25) is 0 Å². The number of halogens is 2. The fourth-order valence-corrected chi connectivity index (χ4v) is 1.19. The highest BCUT2D eigenvalue weighted by Gasteiger charge is 2.13. The predicted molar refractivity (Wildman–Crippen MR) is 48.5 cm³/mol. The molecule has 0 fully saturated rings. The molecule has 0 amide bonds. The van der Waals surface area contributed by atoms with Crippen LogP contribution < -0.4 is 5.73 Å². The van der Waals surface area contributed by atoms with Gasteiger partial charge in [-0.05, 0) is 24.3 Å². The zero-order valence-corrected chi connectivity index (χ0v) is 7.13. The van der Waals surface area contributed by atoms with Crippen molar-refractivity contribution in [2.24, 2.45) is 0 Å². The maximum absolute atomic E-state index is 13.4. The van der Waals surface area contributed by atoms with E-state index in [-0.39, 0.29) is 5.56 Å². The highest BCUT2D eigenvalue weighted by atomic mass is 19.1. The van der Waals surface area contributed by atoms with E-state index < -0.39 is 17.3 Å². The molecule has 2 rings (SSSR count). The minimum absolute atomic E-state index is 0.161. The number of nitrogen functional groups attached to an aromatic ring is 1. The lowest BCUT2D eigenvalue weighted by Crippen LogP contribution is -1.96. The maximum Gasteiger partial charge on any atom is 0.160 e. The monoisotopic (exact) mass is 195 g/mol. The summed E-state index contributed by atoms with van der Waals surface area (Å²) in [5.74, 6) is -1.23. The van der Waals surface area contributed by atoms with Crippen molar-refractivity contribution in [1.82, 2.24) is 0 Å². The Morgan fingerprint density at radius 1 is 1.14 bits per heavy atom. The van der Waals surface area contributed by atoms with E-state index in [1.54, 1.807) is 12.1 Å². The average molecular weight is 195 g/mol. The molecule has 0 spiro atoms. The minimum atomic E-state index is -0.792. The van der Waals surface area contributed by atoms with Gasteiger partial charge in [-0.1, -0.05) is 0 Å². The van der Waals surface area contributed by atoms with Crippen molar-refractivity contribution >= 4 is 5.69 Å². The number of benzene rings is 1. The first kappa shape index (κ1) is 8.74. The van der Waals surface area contributed by atoms with Crippen LogP contribution in [0.1, 0.15) is 0 Å². The van der Waals surface area contributed by atoms with Gasteiger partial charge in [-0.15, -0.1) is 0 Å². The van der Waals surface area contributed by atoms with E-state index in [1.807, 2.05) is 0 Å². The lowest BCUT2D eigenvalue weighted by atomic mass is 10.1. The Labute approximate surface area is 79.0 Å². The maximum atomic E-state index is 13.4. The molecule has 1 aromatic heterocycles. The van der Waals surface area contributed by atoms with Gasteiger partial charge < -0.3 is 10.2 Å². The largest absolute Gasteiger partial charge is 0.464 e.